The number of hydrogen-bond acceptors (Lipinski definition) is 6. The van der Waals surface area contributed by atoms with Crippen molar-refractivity contribution in [3.05, 3.63) is 35.5 Å². The van der Waals surface area contributed by atoms with Gasteiger partial charge in [0.15, 0.2) is 5.75 Å². The molecule has 0 aliphatic heterocycles. The van der Waals surface area contributed by atoms with Crippen LogP contribution in [0.25, 0.3) is 0 Å². The Kier molecular flexibility index (Phi) is 7.23. The number of alkyl halides is 3. The van der Waals surface area contributed by atoms with Crippen molar-refractivity contribution in [2.24, 2.45) is 5.73 Å². The molecule has 1 aromatic carbocycles. The lowest BCUT2D eigenvalue weighted by atomic mass is 9.90. The minimum absolute atomic E-state index is 0.0161. The number of ether oxygens (including phenoxy) is 1. The molecule has 8 nitrogen and oxygen atoms in total. The lowest BCUT2D eigenvalue weighted by Gasteiger charge is -2.37. The van der Waals surface area contributed by atoms with E-state index >= 15 is 0 Å². The van der Waals surface area contributed by atoms with Gasteiger partial charge in [0.05, 0.1) is 11.4 Å². The Morgan fingerprint density at radius 1 is 1.09 bits per heavy atom. The van der Waals surface area contributed by atoms with Crippen LogP contribution < -0.4 is 25.6 Å². The molecule has 1 saturated carbocycles. The maximum Gasteiger partial charge on any atom is 0.573 e. The fraction of sp³-hybridized carbons (Fsp3) is 0.542. The van der Waals surface area contributed by atoms with Crippen molar-refractivity contribution < 1.29 is 22.7 Å². The number of urea groups is 1. The molecule has 1 heterocycles. The number of hydrogen-bond donors (Lipinski definition) is 2. The van der Waals surface area contributed by atoms with Crippen LogP contribution in [0.5, 0.6) is 5.75 Å². The summed E-state index contributed by atoms with van der Waals surface area (Å²) < 4.78 is 42.8. The van der Waals surface area contributed by atoms with Gasteiger partial charge in [-0.25, -0.2) is 9.78 Å². The number of para-hydroxylation sites is 2. The molecule has 11 heteroatoms. The Hall–Kier alpha value is -3.24. The minimum atomic E-state index is -4.87. The van der Waals surface area contributed by atoms with E-state index in [1.807, 2.05) is 19.0 Å². The summed E-state index contributed by atoms with van der Waals surface area (Å²) in [6.45, 7) is 0. The standard InChI is InChI=1S/C24H31F3N6O2/c1-32(2)21-17-7-3-4-8-18(17)30-23(31-21)29-15-11-13-16(14-12-15)33(22(28)34)19-9-5-6-10-20(19)35-24(25,26)27/h5-6,9-10,15-16H,3-4,7-8,11-14H2,1-2H3,(H2,28,34)(H,29,30,31)/t15-,16+. The summed E-state index contributed by atoms with van der Waals surface area (Å²) in [5.74, 6) is 1.08. The van der Waals surface area contributed by atoms with Crippen LogP contribution in [0.15, 0.2) is 24.3 Å². The fourth-order valence-electron chi connectivity index (χ4n) is 5.03. The second-order valence-corrected chi connectivity index (χ2v) is 9.27. The number of anilines is 3. The second-order valence-electron chi connectivity index (χ2n) is 9.27. The number of carbonyl (C=O) groups is 1. The Balaban J connectivity index is 1.47. The molecule has 0 atom stereocenters. The summed E-state index contributed by atoms with van der Waals surface area (Å²) in [4.78, 5) is 25.1. The van der Waals surface area contributed by atoms with Crippen molar-refractivity contribution in [1.29, 1.82) is 0 Å². The predicted molar refractivity (Wildman–Crippen MR) is 128 cm³/mol. The molecule has 2 aliphatic carbocycles. The van der Waals surface area contributed by atoms with E-state index in [-0.39, 0.29) is 17.8 Å². The third-order valence-electron chi connectivity index (χ3n) is 6.57. The molecule has 35 heavy (non-hydrogen) atoms. The molecule has 2 amide bonds. The maximum absolute atomic E-state index is 12.9. The molecule has 1 aromatic heterocycles. The zero-order chi connectivity index (χ0) is 25.2. The molecule has 2 aromatic rings. The normalized spacial score (nSPS) is 20.0. The number of benzene rings is 1. The molecule has 0 radical (unpaired) electrons. The average molecular weight is 493 g/mol. The first-order valence-corrected chi connectivity index (χ1v) is 11.9. The van der Waals surface area contributed by atoms with E-state index in [1.165, 1.54) is 28.7 Å². The first-order valence-electron chi connectivity index (χ1n) is 11.9. The summed E-state index contributed by atoms with van der Waals surface area (Å²) in [6.07, 6.45) is 1.80. The van der Waals surface area contributed by atoms with Crippen LogP contribution in [0.3, 0.4) is 0 Å². The first-order chi connectivity index (χ1) is 16.6. The SMILES string of the molecule is CN(C)c1nc(N[C@H]2CC[C@@H](N(C(N)=O)c3ccccc3OC(F)(F)F)CC2)nc2c1CCCC2. The Bertz CT molecular complexity index is 1050. The molecule has 0 bridgehead atoms. The van der Waals surface area contributed by atoms with Crippen molar-refractivity contribution in [2.45, 2.75) is 69.8 Å². The lowest BCUT2D eigenvalue weighted by Crippen LogP contribution is -2.47. The van der Waals surface area contributed by atoms with Gasteiger partial charge < -0.3 is 20.7 Å². The topological polar surface area (TPSA) is 96.6 Å². The van der Waals surface area contributed by atoms with Crippen LogP contribution in [0.2, 0.25) is 0 Å². The molecule has 1 fully saturated rings. The molecule has 190 valence electrons. The van der Waals surface area contributed by atoms with Crippen LogP contribution in [0, 0.1) is 0 Å². The van der Waals surface area contributed by atoms with E-state index < -0.39 is 18.1 Å². The summed E-state index contributed by atoms with van der Waals surface area (Å²) in [5, 5.41) is 3.44. The van der Waals surface area contributed by atoms with Crippen LogP contribution >= 0.6 is 0 Å². The van der Waals surface area contributed by atoms with Gasteiger partial charge in [0.2, 0.25) is 5.95 Å². The highest BCUT2D eigenvalue weighted by Gasteiger charge is 2.35. The molecule has 0 unspecified atom stereocenters. The number of carbonyl (C=O) groups excluding carboxylic acids is 1. The quantitative estimate of drug-likeness (QED) is 0.611. The van der Waals surface area contributed by atoms with E-state index in [9.17, 15) is 18.0 Å². The number of aryl methyl sites for hydroxylation is 1. The minimum Gasteiger partial charge on any atom is -0.404 e. The number of rotatable bonds is 6. The zero-order valence-corrected chi connectivity index (χ0v) is 19.9. The highest BCUT2D eigenvalue weighted by Crippen LogP contribution is 2.37. The number of amides is 2. The van der Waals surface area contributed by atoms with E-state index in [0.29, 0.717) is 31.6 Å². The van der Waals surface area contributed by atoms with E-state index in [1.54, 1.807) is 6.07 Å². The molecule has 0 spiro atoms. The van der Waals surface area contributed by atoms with Gasteiger partial charge in [-0.05, 0) is 63.5 Å². The molecular formula is C24H31F3N6O2. The predicted octanol–water partition coefficient (Wildman–Crippen LogP) is 4.63. The van der Waals surface area contributed by atoms with E-state index in [0.717, 1.165) is 37.2 Å². The lowest BCUT2D eigenvalue weighted by molar-refractivity contribution is -0.274. The van der Waals surface area contributed by atoms with Gasteiger partial charge in [-0.3, -0.25) is 4.90 Å². The molecule has 2 aliphatic rings. The van der Waals surface area contributed by atoms with Crippen molar-refractivity contribution in [2.75, 3.05) is 29.2 Å². The largest absolute Gasteiger partial charge is 0.573 e. The van der Waals surface area contributed by atoms with Gasteiger partial charge >= 0.3 is 12.4 Å². The molecule has 3 N–H and O–H groups in total. The number of aromatic nitrogens is 2. The van der Waals surface area contributed by atoms with Crippen molar-refractivity contribution in [3.63, 3.8) is 0 Å². The molecular weight excluding hydrogens is 461 g/mol. The number of nitrogens with two attached hydrogens (primary N) is 1. The molecule has 4 rings (SSSR count). The third-order valence-corrected chi connectivity index (χ3v) is 6.57. The number of halogens is 3. The van der Waals surface area contributed by atoms with Gasteiger partial charge in [0.1, 0.15) is 5.82 Å². The van der Waals surface area contributed by atoms with Crippen LogP contribution in [0.4, 0.5) is 35.4 Å². The summed E-state index contributed by atoms with van der Waals surface area (Å²) in [6, 6.07) is 4.50. The number of nitrogens with zero attached hydrogens (tertiary/aromatic N) is 4. The van der Waals surface area contributed by atoms with Crippen molar-refractivity contribution in [1.82, 2.24) is 9.97 Å². The molecule has 0 saturated heterocycles. The third kappa shape index (κ3) is 5.88. The smallest absolute Gasteiger partial charge is 0.404 e. The number of fused-ring (bicyclic) bond motifs is 1. The first kappa shape index (κ1) is 24.9. The Labute approximate surface area is 202 Å². The Morgan fingerprint density at radius 3 is 2.43 bits per heavy atom. The highest BCUT2D eigenvalue weighted by molar-refractivity contribution is 5.93. The summed E-state index contributed by atoms with van der Waals surface area (Å²) in [7, 11) is 3.95. The van der Waals surface area contributed by atoms with Crippen molar-refractivity contribution in [3.8, 4) is 5.75 Å². The van der Waals surface area contributed by atoms with E-state index in [2.05, 4.69) is 10.1 Å². The van der Waals surface area contributed by atoms with Gasteiger partial charge in [-0.15, -0.1) is 13.2 Å². The van der Waals surface area contributed by atoms with Gasteiger partial charge in [0.25, 0.3) is 0 Å². The summed E-state index contributed by atoms with van der Waals surface area (Å²) >= 11 is 0. The number of primary amides is 1. The Morgan fingerprint density at radius 2 is 1.77 bits per heavy atom. The summed E-state index contributed by atoms with van der Waals surface area (Å²) in [5.41, 5.74) is 7.93. The highest BCUT2D eigenvalue weighted by atomic mass is 19.4. The monoisotopic (exact) mass is 492 g/mol. The van der Waals surface area contributed by atoms with Gasteiger partial charge in [0, 0.05) is 31.7 Å². The fourth-order valence-corrected chi connectivity index (χ4v) is 5.03. The number of nitrogens with one attached hydrogen (secondary N) is 1. The van der Waals surface area contributed by atoms with Crippen molar-refractivity contribution >= 4 is 23.5 Å². The van der Waals surface area contributed by atoms with Gasteiger partial charge in [-0.2, -0.15) is 4.98 Å². The second kappa shape index (κ2) is 10.2. The van der Waals surface area contributed by atoms with Gasteiger partial charge in [-0.1, -0.05) is 12.1 Å². The van der Waals surface area contributed by atoms with Crippen LogP contribution in [0.1, 0.15) is 49.8 Å². The van der Waals surface area contributed by atoms with Crippen LogP contribution in [-0.2, 0) is 12.8 Å². The zero-order valence-electron chi connectivity index (χ0n) is 19.9. The maximum atomic E-state index is 12.9. The van der Waals surface area contributed by atoms with E-state index in [4.69, 9.17) is 15.7 Å². The average Bonchev–Trinajstić information content (AvgIpc) is 2.79. The van der Waals surface area contributed by atoms with Crippen LogP contribution in [-0.4, -0.2) is 48.5 Å².